The van der Waals surface area contributed by atoms with Gasteiger partial charge in [0.25, 0.3) is 10.0 Å². The van der Waals surface area contributed by atoms with Crippen molar-refractivity contribution in [2.24, 2.45) is 5.10 Å². The summed E-state index contributed by atoms with van der Waals surface area (Å²) in [6.45, 7) is 0. The lowest BCUT2D eigenvalue weighted by Gasteiger charge is -2.23. The van der Waals surface area contributed by atoms with E-state index >= 15 is 0 Å². The molecule has 5 nitrogen and oxygen atoms in total. The van der Waals surface area contributed by atoms with Gasteiger partial charge in [0.15, 0.2) is 0 Å². The van der Waals surface area contributed by atoms with Gasteiger partial charge in [0.05, 0.1) is 21.5 Å². The number of aromatic hydroxyl groups is 1. The summed E-state index contributed by atoms with van der Waals surface area (Å²) in [4.78, 5) is 1.14. The van der Waals surface area contributed by atoms with E-state index in [9.17, 15) is 13.5 Å². The Kier molecular flexibility index (Phi) is 4.26. The third kappa shape index (κ3) is 3.00. The molecule has 2 aromatic carbocycles. The first-order valence-corrected chi connectivity index (χ1v) is 10.4. The fraction of sp³-hybridized carbons (Fsp3) is 0.105. The van der Waals surface area contributed by atoms with Gasteiger partial charge in [-0.3, -0.25) is 0 Å². The van der Waals surface area contributed by atoms with E-state index in [1.807, 2.05) is 23.6 Å². The molecule has 1 atom stereocenters. The molecule has 0 bridgehead atoms. The summed E-state index contributed by atoms with van der Waals surface area (Å²) in [6.07, 6.45) is 0.454. The maximum Gasteiger partial charge on any atom is 0.279 e. The van der Waals surface area contributed by atoms with Gasteiger partial charge in [0, 0.05) is 6.42 Å². The van der Waals surface area contributed by atoms with Crippen molar-refractivity contribution in [3.05, 3.63) is 82.6 Å². The topological polar surface area (TPSA) is 70.0 Å². The number of sulfonamides is 1. The van der Waals surface area contributed by atoms with Crippen molar-refractivity contribution in [1.82, 2.24) is 4.41 Å². The van der Waals surface area contributed by atoms with E-state index in [1.165, 1.54) is 15.8 Å². The van der Waals surface area contributed by atoms with Crippen LogP contribution in [0.25, 0.3) is 0 Å². The number of phenolic OH excluding ortho intramolecular Hbond substituents is 1. The maximum absolute atomic E-state index is 13.2. The fourth-order valence-corrected chi connectivity index (χ4v) is 5.16. The zero-order valence-electron chi connectivity index (χ0n) is 13.7. The number of benzene rings is 2. The number of rotatable bonds is 4. The molecule has 0 aliphatic carbocycles. The normalized spacial score (nSPS) is 17.3. The number of nitrogens with zero attached hydrogens (tertiary/aromatic N) is 2. The molecule has 26 heavy (non-hydrogen) atoms. The Labute approximate surface area is 155 Å². The lowest BCUT2D eigenvalue weighted by Crippen LogP contribution is -2.27. The molecule has 2 heterocycles. The number of phenols is 1. The first kappa shape index (κ1) is 16.8. The number of hydrogen-bond acceptors (Lipinski definition) is 5. The number of hydrazone groups is 1. The van der Waals surface area contributed by atoms with Crippen molar-refractivity contribution >= 4 is 27.1 Å². The quantitative estimate of drug-likeness (QED) is 0.739. The van der Waals surface area contributed by atoms with Gasteiger partial charge < -0.3 is 5.11 Å². The van der Waals surface area contributed by atoms with Crippen molar-refractivity contribution < 1.29 is 13.5 Å². The van der Waals surface area contributed by atoms with Gasteiger partial charge >= 0.3 is 0 Å². The summed E-state index contributed by atoms with van der Waals surface area (Å²) in [5.41, 5.74) is 1.44. The van der Waals surface area contributed by atoms with E-state index in [1.54, 1.807) is 48.5 Å². The maximum atomic E-state index is 13.2. The summed E-state index contributed by atoms with van der Waals surface area (Å²) < 4.78 is 27.5. The lowest BCUT2D eigenvalue weighted by molar-refractivity contribution is 0.370. The molecule has 0 fully saturated rings. The van der Waals surface area contributed by atoms with Crippen LogP contribution < -0.4 is 0 Å². The highest BCUT2D eigenvalue weighted by molar-refractivity contribution is 7.89. The molecule has 1 N–H and O–H groups in total. The Balaban J connectivity index is 1.81. The first-order chi connectivity index (χ1) is 12.6. The molecule has 0 saturated heterocycles. The zero-order chi connectivity index (χ0) is 18.1. The Morgan fingerprint density at radius 2 is 1.85 bits per heavy atom. The molecule has 0 unspecified atom stereocenters. The van der Waals surface area contributed by atoms with Crippen LogP contribution in [0, 0.1) is 0 Å². The van der Waals surface area contributed by atoms with Crippen molar-refractivity contribution in [3.63, 3.8) is 0 Å². The minimum Gasteiger partial charge on any atom is -0.508 e. The molecule has 1 aliphatic heterocycles. The molecule has 4 rings (SSSR count). The lowest BCUT2D eigenvalue weighted by atomic mass is 10.0. The van der Waals surface area contributed by atoms with E-state index < -0.39 is 16.1 Å². The number of thiophene rings is 1. The molecular formula is C19H16N2O3S2. The smallest absolute Gasteiger partial charge is 0.279 e. The third-order valence-corrected chi connectivity index (χ3v) is 6.84. The Morgan fingerprint density at radius 3 is 2.54 bits per heavy atom. The second-order valence-corrected chi connectivity index (χ2v) is 8.67. The summed E-state index contributed by atoms with van der Waals surface area (Å²) in [5, 5.41) is 16.2. The zero-order valence-corrected chi connectivity index (χ0v) is 15.3. The van der Waals surface area contributed by atoms with Crippen LogP contribution >= 0.6 is 11.3 Å². The van der Waals surface area contributed by atoms with Gasteiger partial charge in [0.2, 0.25) is 0 Å². The second-order valence-electron chi connectivity index (χ2n) is 5.93. The van der Waals surface area contributed by atoms with E-state index in [-0.39, 0.29) is 10.6 Å². The van der Waals surface area contributed by atoms with Crippen LogP contribution in [0.2, 0.25) is 0 Å². The molecule has 0 radical (unpaired) electrons. The minimum atomic E-state index is -3.80. The highest BCUT2D eigenvalue weighted by Gasteiger charge is 2.38. The van der Waals surface area contributed by atoms with Crippen molar-refractivity contribution in [2.75, 3.05) is 0 Å². The van der Waals surface area contributed by atoms with Crippen LogP contribution in [-0.4, -0.2) is 23.7 Å². The highest BCUT2D eigenvalue weighted by Crippen LogP contribution is 2.38. The molecule has 0 spiro atoms. The van der Waals surface area contributed by atoms with Gasteiger partial charge in [0.1, 0.15) is 5.75 Å². The molecule has 7 heteroatoms. The summed E-state index contributed by atoms with van der Waals surface area (Å²) in [6, 6.07) is 18.3. The summed E-state index contributed by atoms with van der Waals surface area (Å²) in [7, 11) is -3.80. The van der Waals surface area contributed by atoms with Gasteiger partial charge in [-0.1, -0.05) is 36.4 Å². The van der Waals surface area contributed by atoms with Gasteiger partial charge in [-0.15, -0.1) is 11.3 Å². The van der Waals surface area contributed by atoms with Crippen LogP contribution in [0.15, 0.2) is 82.1 Å². The SMILES string of the molecule is O=S(=O)(c1ccccc1)N1N=C(c2cccs2)C[C@H]1c1cccc(O)c1. The average molecular weight is 384 g/mol. The minimum absolute atomic E-state index is 0.101. The molecule has 0 saturated carbocycles. The van der Waals surface area contributed by atoms with Gasteiger partial charge in [-0.25, -0.2) is 0 Å². The molecule has 132 valence electrons. The van der Waals surface area contributed by atoms with E-state index in [0.29, 0.717) is 12.0 Å². The van der Waals surface area contributed by atoms with E-state index in [2.05, 4.69) is 5.10 Å². The van der Waals surface area contributed by atoms with Gasteiger partial charge in [-0.2, -0.15) is 17.9 Å². The van der Waals surface area contributed by atoms with Crippen LogP contribution in [0.5, 0.6) is 5.75 Å². The number of hydrogen-bond donors (Lipinski definition) is 1. The predicted molar refractivity (Wildman–Crippen MR) is 102 cm³/mol. The van der Waals surface area contributed by atoms with E-state index in [4.69, 9.17) is 0 Å². The standard InChI is InChI=1S/C19H16N2O3S2/c22-15-7-4-6-14(12-15)18-13-17(19-10-5-11-25-19)20-21(18)26(23,24)16-8-2-1-3-9-16/h1-12,18,22H,13H2/t18-/m0/s1. The van der Waals surface area contributed by atoms with Crippen LogP contribution in [0.1, 0.15) is 22.9 Å². The van der Waals surface area contributed by atoms with Crippen molar-refractivity contribution in [1.29, 1.82) is 0 Å². The van der Waals surface area contributed by atoms with Crippen LogP contribution in [0.4, 0.5) is 0 Å². The van der Waals surface area contributed by atoms with Crippen molar-refractivity contribution in [2.45, 2.75) is 17.4 Å². The Hall–Kier alpha value is -2.64. The monoisotopic (exact) mass is 384 g/mol. The Bertz CT molecular complexity index is 1050. The van der Waals surface area contributed by atoms with Gasteiger partial charge in [-0.05, 0) is 41.3 Å². The molecule has 1 aromatic heterocycles. The molecule has 1 aliphatic rings. The third-order valence-electron chi connectivity index (χ3n) is 4.22. The molecule has 3 aromatic rings. The summed E-state index contributed by atoms with van der Waals surface area (Å²) >= 11 is 1.53. The molecular weight excluding hydrogens is 368 g/mol. The van der Waals surface area contributed by atoms with Crippen LogP contribution in [0.3, 0.4) is 0 Å². The van der Waals surface area contributed by atoms with E-state index in [0.717, 1.165) is 10.6 Å². The van der Waals surface area contributed by atoms with Crippen LogP contribution in [-0.2, 0) is 10.0 Å². The first-order valence-electron chi connectivity index (χ1n) is 8.05. The average Bonchev–Trinajstić information content (AvgIpc) is 3.32. The second kappa shape index (κ2) is 6.59. The largest absolute Gasteiger partial charge is 0.508 e. The van der Waals surface area contributed by atoms with Crippen molar-refractivity contribution in [3.8, 4) is 5.75 Å². The highest BCUT2D eigenvalue weighted by atomic mass is 32.2. The predicted octanol–water partition coefficient (Wildman–Crippen LogP) is 3.99. The summed E-state index contributed by atoms with van der Waals surface area (Å²) in [5.74, 6) is 0.101. The Morgan fingerprint density at radius 1 is 1.04 bits per heavy atom. The fourth-order valence-electron chi connectivity index (χ4n) is 2.98. The molecule has 0 amide bonds.